The summed E-state index contributed by atoms with van der Waals surface area (Å²) in [6.45, 7) is 6.29. The van der Waals surface area contributed by atoms with Crippen molar-refractivity contribution in [1.82, 2.24) is 0 Å². The third kappa shape index (κ3) is 2.19. The molecular weight excluding hydrogens is 168 g/mol. The fourth-order valence-electron chi connectivity index (χ4n) is 1.10. The maximum absolute atomic E-state index is 8.83. The Balaban J connectivity index is 2.95. The van der Waals surface area contributed by atoms with Crippen LogP contribution in [0.15, 0.2) is 11.6 Å². The van der Waals surface area contributed by atoms with Gasteiger partial charge in [-0.2, -0.15) is 0 Å². The summed E-state index contributed by atoms with van der Waals surface area (Å²) in [6.07, 6.45) is 2.04. The number of aliphatic hydroxyl groups is 1. The highest BCUT2D eigenvalue weighted by atomic mass is 32.1. The van der Waals surface area contributed by atoms with Crippen molar-refractivity contribution < 1.29 is 5.11 Å². The molecule has 0 aliphatic carbocycles. The molecular formula is C10H14OS. The van der Waals surface area contributed by atoms with Crippen LogP contribution in [-0.4, -0.2) is 11.7 Å². The Hall–Kier alpha value is -0.600. The second kappa shape index (κ2) is 3.87. The van der Waals surface area contributed by atoms with E-state index in [1.807, 2.05) is 13.0 Å². The molecule has 1 N–H and O–H groups in total. The summed E-state index contributed by atoms with van der Waals surface area (Å²) in [5.41, 5.74) is 2.25. The number of rotatable bonds is 2. The van der Waals surface area contributed by atoms with Gasteiger partial charge in [-0.3, -0.25) is 0 Å². The lowest BCUT2D eigenvalue weighted by Gasteiger charge is -1.93. The van der Waals surface area contributed by atoms with Crippen LogP contribution < -0.4 is 0 Å². The molecule has 1 nitrogen and oxygen atoms in total. The van der Waals surface area contributed by atoms with E-state index in [0.29, 0.717) is 0 Å². The first-order chi connectivity index (χ1) is 5.63. The molecule has 0 spiro atoms. The molecule has 0 saturated heterocycles. The Bertz CT molecular complexity index is 297. The lowest BCUT2D eigenvalue weighted by molar-refractivity contribution is 0.332. The van der Waals surface area contributed by atoms with Gasteiger partial charge in [-0.05, 0) is 38.0 Å². The van der Waals surface area contributed by atoms with E-state index in [9.17, 15) is 0 Å². The number of hydrogen-bond donors (Lipinski definition) is 1. The van der Waals surface area contributed by atoms with Crippen molar-refractivity contribution in [3.63, 3.8) is 0 Å². The summed E-state index contributed by atoms with van der Waals surface area (Å²) in [7, 11) is 0. The molecule has 1 aromatic rings. The maximum Gasteiger partial charge on any atom is 0.0642 e. The zero-order chi connectivity index (χ0) is 9.14. The molecule has 1 rings (SSSR count). The van der Waals surface area contributed by atoms with Crippen LogP contribution in [0.2, 0.25) is 0 Å². The van der Waals surface area contributed by atoms with Gasteiger partial charge in [-0.1, -0.05) is 6.08 Å². The molecule has 1 aromatic heterocycles. The molecule has 0 aliphatic heterocycles. The lowest BCUT2D eigenvalue weighted by atomic mass is 10.2. The number of aliphatic hydroxyl groups excluding tert-OH is 1. The number of hydrogen-bond acceptors (Lipinski definition) is 2. The zero-order valence-electron chi connectivity index (χ0n) is 7.72. The summed E-state index contributed by atoms with van der Waals surface area (Å²) in [4.78, 5) is 2.64. The van der Waals surface area contributed by atoms with Gasteiger partial charge in [-0.15, -0.1) is 11.3 Å². The third-order valence-corrected chi connectivity index (χ3v) is 2.71. The van der Waals surface area contributed by atoms with Crippen LogP contribution in [0.4, 0.5) is 0 Å². The van der Waals surface area contributed by atoms with E-state index in [-0.39, 0.29) is 6.61 Å². The molecule has 0 unspecified atom stereocenters. The summed E-state index contributed by atoms with van der Waals surface area (Å²) >= 11 is 1.80. The molecule has 0 radical (unpaired) electrons. The van der Waals surface area contributed by atoms with Gasteiger partial charge in [0, 0.05) is 9.75 Å². The maximum atomic E-state index is 8.83. The van der Waals surface area contributed by atoms with Gasteiger partial charge in [0.25, 0.3) is 0 Å². The average Bonchev–Trinajstić information content (AvgIpc) is 2.30. The molecule has 66 valence electrons. The van der Waals surface area contributed by atoms with Gasteiger partial charge in [0.2, 0.25) is 0 Å². The van der Waals surface area contributed by atoms with E-state index in [1.165, 1.54) is 15.3 Å². The Morgan fingerprint density at radius 2 is 2.25 bits per heavy atom. The largest absolute Gasteiger partial charge is 0.392 e. The van der Waals surface area contributed by atoms with Crippen molar-refractivity contribution in [1.29, 1.82) is 0 Å². The Kier molecular flexibility index (Phi) is 3.06. The van der Waals surface area contributed by atoms with E-state index in [2.05, 4.69) is 19.9 Å². The quantitative estimate of drug-likeness (QED) is 0.745. The van der Waals surface area contributed by atoms with Crippen LogP contribution >= 0.6 is 11.3 Å². The van der Waals surface area contributed by atoms with Crippen LogP contribution in [0.25, 0.3) is 6.08 Å². The molecule has 0 fully saturated rings. The molecule has 0 atom stereocenters. The predicted molar refractivity (Wildman–Crippen MR) is 54.5 cm³/mol. The summed E-state index contributed by atoms with van der Waals surface area (Å²) in [6, 6.07) is 2.15. The highest BCUT2D eigenvalue weighted by Crippen LogP contribution is 2.22. The normalized spacial score (nSPS) is 12.2. The average molecular weight is 182 g/mol. The van der Waals surface area contributed by atoms with E-state index in [4.69, 9.17) is 5.11 Å². The van der Waals surface area contributed by atoms with E-state index < -0.39 is 0 Å². The third-order valence-electron chi connectivity index (χ3n) is 1.73. The van der Waals surface area contributed by atoms with Crippen molar-refractivity contribution in [3.8, 4) is 0 Å². The van der Waals surface area contributed by atoms with Crippen molar-refractivity contribution in [2.24, 2.45) is 0 Å². The SMILES string of the molecule is CC(=Cc1cc(C)sc1C)CO. The Morgan fingerprint density at radius 1 is 1.58 bits per heavy atom. The van der Waals surface area contributed by atoms with Gasteiger partial charge in [0.15, 0.2) is 0 Å². The zero-order valence-corrected chi connectivity index (χ0v) is 8.53. The molecule has 0 saturated carbocycles. The molecule has 0 aliphatic rings. The van der Waals surface area contributed by atoms with Gasteiger partial charge in [0.1, 0.15) is 0 Å². The molecule has 12 heavy (non-hydrogen) atoms. The first kappa shape index (κ1) is 9.49. The topological polar surface area (TPSA) is 20.2 Å². The van der Waals surface area contributed by atoms with E-state index in [0.717, 1.165) is 5.57 Å². The van der Waals surface area contributed by atoms with Crippen molar-refractivity contribution >= 4 is 17.4 Å². The highest BCUT2D eigenvalue weighted by Gasteiger charge is 1.99. The minimum atomic E-state index is 0.147. The lowest BCUT2D eigenvalue weighted by Crippen LogP contribution is -1.83. The summed E-state index contributed by atoms with van der Waals surface area (Å²) in [5, 5.41) is 8.83. The molecule has 0 bridgehead atoms. The van der Waals surface area contributed by atoms with Crippen LogP contribution in [0.5, 0.6) is 0 Å². The fraction of sp³-hybridized carbons (Fsp3) is 0.400. The van der Waals surface area contributed by atoms with Gasteiger partial charge >= 0.3 is 0 Å². The smallest absolute Gasteiger partial charge is 0.0642 e. The van der Waals surface area contributed by atoms with E-state index >= 15 is 0 Å². The Labute approximate surface area is 77.4 Å². The minimum absolute atomic E-state index is 0.147. The van der Waals surface area contributed by atoms with Gasteiger partial charge < -0.3 is 5.11 Å². The predicted octanol–water partition coefficient (Wildman–Crippen LogP) is 2.76. The number of thiophene rings is 1. The highest BCUT2D eigenvalue weighted by molar-refractivity contribution is 7.12. The number of aryl methyl sites for hydroxylation is 2. The summed E-state index contributed by atoms with van der Waals surface area (Å²) < 4.78 is 0. The summed E-state index contributed by atoms with van der Waals surface area (Å²) in [5.74, 6) is 0. The molecule has 0 amide bonds. The first-order valence-corrected chi connectivity index (χ1v) is 4.80. The second-order valence-electron chi connectivity index (χ2n) is 3.02. The van der Waals surface area contributed by atoms with Crippen molar-refractivity contribution in [2.75, 3.05) is 6.61 Å². The van der Waals surface area contributed by atoms with Crippen LogP contribution in [0.3, 0.4) is 0 Å². The van der Waals surface area contributed by atoms with Crippen molar-refractivity contribution in [2.45, 2.75) is 20.8 Å². The van der Waals surface area contributed by atoms with Gasteiger partial charge in [0.05, 0.1) is 6.61 Å². The Morgan fingerprint density at radius 3 is 2.67 bits per heavy atom. The standard InChI is InChI=1S/C10H14OS/c1-7(6-11)4-10-5-8(2)12-9(10)3/h4-5,11H,6H2,1-3H3. The minimum Gasteiger partial charge on any atom is -0.392 e. The van der Waals surface area contributed by atoms with Crippen molar-refractivity contribution in [3.05, 3.63) is 27.0 Å². The fourth-order valence-corrected chi connectivity index (χ4v) is 2.01. The molecule has 1 heterocycles. The van der Waals surface area contributed by atoms with E-state index in [1.54, 1.807) is 11.3 Å². The van der Waals surface area contributed by atoms with Crippen LogP contribution in [-0.2, 0) is 0 Å². The van der Waals surface area contributed by atoms with Crippen LogP contribution in [0.1, 0.15) is 22.2 Å². The van der Waals surface area contributed by atoms with Gasteiger partial charge in [-0.25, -0.2) is 0 Å². The molecule has 0 aromatic carbocycles. The first-order valence-electron chi connectivity index (χ1n) is 3.98. The van der Waals surface area contributed by atoms with Crippen LogP contribution in [0, 0.1) is 13.8 Å². The molecule has 2 heteroatoms. The second-order valence-corrected chi connectivity index (χ2v) is 4.48. The monoisotopic (exact) mass is 182 g/mol.